The molecule has 0 saturated heterocycles. The lowest BCUT2D eigenvalue weighted by molar-refractivity contribution is -0.145. The Morgan fingerprint density at radius 3 is 2.05 bits per heavy atom. The molecule has 0 fully saturated rings. The van der Waals surface area contributed by atoms with Crippen LogP contribution in [0.15, 0.2) is 60.7 Å². The van der Waals surface area contributed by atoms with E-state index < -0.39 is 12.0 Å². The molecule has 22 heavy (non-hydrogen) atoms. The fourth-order valence-electron chi connectivity index (χ4n) is 2.29. The predicted octanol–water partition coefficient (Wildman–Crippen LogP) is 2.97. The summed E-state index contributed by atoms with van der Waals surface area (Å²) in [6, 6.07) is 17.9. The molecule has 0 aliphatic rings. The van der Waals surface area contributed by atoms with Crippen molar-refractivity contribution in [3.63, 3.8) is 0 Å². The van der Waals surface area contributed by atoms with Gasteiger partial charge in [-0.15, -0.1) is 0 Å². The minimum atomic E-state index is -0.486. The van der Waals surface area contributed by atoms with Gasteiger partial charge in [-0.1, -0.05) is 48.5 Å². The lowest BCUT2D eigenvalue weighted by atomic mass is 9.94. The molecule has 2 rings (SSSR count). The predicted molar refractivity (Wildman–Crippen MR) is 84.3 cm³/mol. The highest BCUT2D eigenvalue weighted by molar-refractivity contribution is 5.94. The zero-order chi connectivity index (χ0) is 15.9. The van der Waals surface area contributed by atoms with Crippen LogP contribution < -0.4 is 5.32 Å². The molecule has 0 radical (unpaired) electrons. The van der Waals surface area contributed by atoms with Crippen molar-refractivity contribution in [3.05, 3.63) is 71.8 Å². The van der Waals surface area contributed by atoms with E-state index in [1.54, 1.807) is 31.2 Å². The number of benzene rings is 2. The fourth-order valence-corrected chi connectivity index (χ4v) is 2.29. The van der Waals surface area contributed by atoms with Gasteiger partial charge in [-0.05, 0) is 24.6 Å². The van der Waals surface area contributed by atoms with Gasteiger partial charge in [-0.2, -0.15) is 0 Å². The molecule has 0 aromatic heterocycles. The average molecular weight is 297 g/mol. The summed E-state index contributed by atoms with van der Waals surface area (Å²) in [5, 5.41) is 2.92. The largest absolute Gasteiger partial charge is 0.469 e. The molecule has 0 bridgehead atoms. The summed E-state index contributed by atoms with van der Waals surface area (Å²) in [6.45, 7) is 1.74. The molecule has 0 unspecified atom stereocenters. The smallest absolute Gasteiger partial charge is 0.310 e. The van der Waals surface area contributed by atoms with Crippen LogP contribution in [0.1, 0.15) is 28.9 Å². The Balaban J connectivity index is 2.25. The molecule has 114 valence electrons. The monoisotopic (exact) mass is 297 g/mol. The summed E-state index contributed by atoms with van der Waals surface area (Å²) < 4.78 is 4.81. The van der Waals surface area contributed by atoms with E-state index >= 15 is 0 Å². The number of carbonyl (C=O) groups is 2. The molecular weight excluding hydrogens is 278 g/mol. The number of methoxy groups -OCH3 is 1. The van der Waals surface area contributed by atoms with E-state index in [0.29, 0.717) is 5.56 Å². The molecule has 1 amide bonds. The molecule has 0 aliphatic heterocycles. The van der Waals surface area contributed by atoms with Crippen LogP contribution in [0.2, 0.25) is 0 Å². The van der Waals surface area contributed by atoms with Gasteiger partial charge in [0.1, 0.15) is 0 Å². The van der Waals surface area contributed by atoms with Gasteiger partial charge in [0.15, 0.2) is 0 Å². The van der Waals surface area contributed by atoms with E-state index in [-0.39, 0.29) is 11.9 Å². The van der Waals surface area contributed by atoms with Crippen molar-refractivity contribution in [2.75, 3.05) is 7.11 Å². The van der Waals surface area contributed by atoms with Gasteiger partial charge in [0, 0.05) is 5.56 Å². The number of rotatable bonds is 5. The molecule has 0 spiro atoms. The molecule has 1 N–H and O–H groups in total. The zero-order valence-electron chi connectivity index (χ0n) is 12.7. The quantitative estimate of drug-likeness (QED) is 0.863. The van der Waals surface area contributed by atoms with Crippen molar-refractivity contribution >= 4 is 11.9 Å². The van der Waals surface area contributed by atoms with Gasteiger partial charge in [-0.3, -0.25) is 9.59 Å². The SMILES string of the molecule is COC(=O)[C@H](C)[C@H](NC(=O)c1ccccc1)c1ccccc1. The first-order valence-corrected chi connectivity index (χ1v) is 7.12. The molecule has 2 aromatic carbocycles. The van der Waals surface area contributed by atoms with Gasteiger partial charge in [0.05, 0.1) is 19.1 Å². The molecule has 0 aliphatic carbocycles. The molecule has 4 nitrogen and oxygen atoms in total. The number of amides is 1. The fraction of sp³-hybridized carbons (Fsp3) is 0.222. The van der Waals surface area contributed by atoms with Crippen LogP contribution in [-0.4, -0.2) is 19.0 Å². The summed E-state index contributed by atoms with van der Waals surface area (Å²) in [4.78, 5) is 24.3. The molecule has 2 aromatic rings. The summed E-state index contributed by atoms with van der Waals surface area (Å²) in [6.07, 6.45) is 0. The second-order valence-corrected chi connectivity index (χ2v) is 5.04. The summed E-state index contributed by atoms with van der Waals surface area (Å²) >= 11 is 0. The zero-order valence-corrected chi connectivity index (χ0v) is 12.7. The van der Waals surface area contributed by atoms with E-state index in [9.17, 15) is 9.59 Å². The minimum absolute atomic E-state index is 0.217. The van der Waals surface area contributed by atoms with Gasteiger partial charge in [0.25, 0.3) is 5.91 Å². The van der Waals surface area contributed by atoms with Crippen molar-refractivity contribution in [3.8, 4) is 0 Å². The third kappa shape index (κ3) is 3.73. The van der Waals surface area contributed by atoms with Gasteiger partial charge >= 0.3 is 5.97 Å². The third-order valence-corrected chi connectivity index (χ3v) is 3.55. The Labute approximate surface area is 130 Å². The molecule has 0 heterocycles. The molecule has 4 heteroatoms. The Morgan fingerprint density at radius 1 is 0.955 bits per heavy atom. The highest BCUT2D eigenvalue weighted by Crippen LogP contribution is 2.23. The van der Waals surface area contributed by atoms with Gasteiger partial charge < -0.3 is 10.1 Å². The highest BCUT2D eigenvalue weighted by atomic mass is 16.5. The maximum Gasteiger partial charge on any atom is 0.310 e. The molecule has 2 atom stereocenters. The Bertz CT molecular complexity index is 625. The van der Waals surface area contributed by atoms with E-state index in [0.717, 1.165) is 5.56 Å². The van der Waals surface area contributed by atoms with Crippen molar-refractivity contribution in [1.82, 2.24) is 5.32 Å². The topological polar surface area (TPSA) is 55.4 Å². The van der Waals surface area contributed by atoms with E-state index in [4.69, 9.17) is 4.74 Å². The van der Waals surface area contributed by atoms with Crippen LogP contribution in [0, 0.1) is 5.92 Å². The lowest BCUT2D eigenvalue weighted by Crippen LogP contribution is -2.36. The van der Waals surface area contributed by atoms with Crippen molar-refractivity contribution < 1.29 is 14.3 Å². The standard InChI is InChI=1S/C18H19NO3/c1-13(18(21)22-2)16(14-9-5-3-6-10-14)19-17(20)15-11-7-4-8-12-15/h3-13,16H,1-2H3,(H,19,20)/t13-,16+/m1/s1. The average Bonchev–Trinajstić information content (AvgIpc) is 2.59. The summed E-state index contributed by atoms with van der Waals surface area (Å²) in [7, 11) is 1.35. The number of hydrogen-bond acceptors (Lipinski definition) is 3. The molecule has 0 saturated carbocycles. The second kappa shape index (κ2) is 7.41. The van der Waals surface area contributed by atoms with E-state index in [1.165, 1.54) is 7.11 Å². The second-order valence-electron chi connectivity index (χ2n) is 5.04. The third-order valence-electron chi connectivity index (χ3n) is 3.55. The Morgan fingerprint density at radius 2 is 1.50 bits per heavy atom. The van der Waals surface area contributed by atoms with Gasteiger partial charge in [-0.25, -0.2) is 0 Å². The maximum atomic E-state index is 12.4. The number of ether oxygens (including phenoxy) is 1. The van der Waals surface area contributed by atoms with Crippen LogP contribution in [0.4, 0.5) is 0 Å². The number of hydrogen-bond donors (Lipinski definition) is 1. The number of esters is 1. The number of carbonyl (C=O) groups excluding carboxylic acids is 2. The van der Waals surface area contributed by atoms with Crippen LogP contribution in [0.5, 0.6) is 0 Å². The highest BCUT2D eigenvalue weighted by Gasteiger charge is 2.27. The first-order valence-electron chi connectivity index (χ1n) is 7.12. The lowest BCUT2D eigenvalue weighted by Gasteiger charge is -2.24. The van der Waals surface area contributed by atoms with Crippen LogP contribution >= 0.6 is 0 Å². The van der Waals surface area contributed by atoms with Crippen LogP contribution in [0.3, 0.4) is 0 Å². The van der Waals surface area contributed by atoms with Crippen molar-refractivity contribution in [2.45, 2.75) is 13.0 Å². The van der Waals surface area contributed by atoms with E-state index in [2.05, 4.69) is 5.32 Å². The first-order chi connectivity index (χ1) is 10.6. The maximum absolute atomic E-state index is 12.4. The van der Waals surface area contributed by atoms with E-state index in [1.807, 2.05) is 36.4 Å². The van der Waals surface area contributed by atoms with Gasteiger partial charge in [0.2, 0.25) is 0 Å². The van der Waals surface area contributed by atoms with Crippen LogP contribution in [0.25, 0.3) is 0 Å². The Hall–Kier alpha value is -2.62. The normalized spacial score (nSPS) is 13.0. The first kappa shape index (κ1) is 15.8. The van der Waals surface area contributed by atoms with Crippen molar-refractivity contribution in [1.29, 1.82) is 0 Å². The number of nitrogens with one attached hydrogen (secondary N) is 1. The summed E-state index contributed by atoms with van der Waals surface area (Å²) in [5.74, 6) is -1.06. The van der Waals surface area contributed by atoms with Crippen LogP contribution in [-0.2, 0) is 9.53 Å². The Kier molecular flexibility index (Phi) is 5.31. The minimum Gasteiger partial charge on any atom is -0.469 e. The van der Waals surface area contributed by atoms with Crippen molar-refractivity contribution in [2.24, 2.45) is 5.92 Å². The molecular formula is C18H19NO3. The summed E-state index contributed by atoms with van der Waals surface area (Å²) in [5.41, 5.74) is 1.42.